The van der Waals surface area contributed by atoms with Crippen molar-refractivity contribution in [2.24, 2.45) is 13.0 Å². The molecule has 26 heavy (non-hydrogen) atoms. The molecule has 4 rings (SSSR count). The van der Waals surface area contributed by atoms with Gasteiger partial charge in [-0.05, 0) is 17.7 Å². The zero-order valence-corrected chi connectivity index (χ0v) is 15.1. The molecule has 0 aliphatic carbocycles. The molecule has 2 atom stereocenters. The molecule has 3 heterocycles. The van der Waals surface area contributed by atoms with E-state index in [1.807, 2.05) is 59.0 Å². The van der Waals surface area contributed by atoms with E-state index in [-0.39, 0.29) is 23.8 Å². The maximum absolute atomic E-state index is 13.2. The van der Waals surface area contributed by atoms with E-state index in [2.05, 4.69) is 0 Å². The summed E-state index contributed by atoms with van der Waals surface area (Å²) >= 11 is 0. The number of rotatable bonds is 2. The van der Waals surface area contributed by atoms with Crippen molar-refractivity contribution in [3.8, 4) is 11.3 Å². The Morgan fingerprint density at radius 2 is 1.81 bits per heavy atom. The lowest BCUT2D eigenvalue weighted by Crippen LogP contribution is -2.45. The van der Waals surface area contributed by atoms with Crippen LogP contribution in [0.5, 0.6) is 0 Å². The highest BCUT2D eigenvalue weighted by Crippen LogP contribution is 2.25. The number of benzene rings is 1. The molecule has 2 amide bonds. The molecule has 0 N–H and O–H groups in total. The average molecular weight is 353 g/mol. The van der Waals surface area contributed by atoms with Crippen LogP contribution in [0, 0.1) is 5.92 Å². The van der Waals surface area contributed by atoms with E-state index in [1.54, 1.807) is 11.9 Å². The molecular weight excluding hydrogens is 330 g/mol. The molecule has 6 heteroatoms. The molecular formula is C20H23N3O3. The second kappa shape index (κ2) is 6.61. The van der Waals surface area contributed by atoms with Gasteiger partial charge in [-0.25, -0.2) is 0 Å². The van der Waals surface area contributed by atoms with Gasteiger partial charge in [0.05, 0.1) is 25.2 Å². The minimum atomic E-state index is -0.287. The molecule has 0 unspecified atom stereocenters. The first-order valence-electron chi connectivity index (χ1n) is 8.91. The van der Waals surface area contributed by atoms with Gasteiger partial charge >= 0.3 is 0 Å². The first-order chi connectivity index (χ1) is 12.6. The van der Waals surface area contributed by atoms with Gasteiger partial charge in [-0.3, -0.25) is 9.59 Å². The number of carbonyl (C=O) groups is 2. The third kappa shape index (κ3) is 2.80. The van der Waals surface area contributed by atoms with Crippen molar-refractivity contribution in [3.63, 3.8) is 0 Å². The highest BCUT2D eigenvalue weighted by Gasteiger charge is 2.39. The van der Waals surface area contributed by atoms with Crippen molar-refractivity contribution in [2.45, 2.75) is 6.04 Å². The van der Waals surface area contributed by atoms with E-state index >= 15 is 0 Å². The summed E-state index contributed by atoms with van der Waals surface area (Å²) in [6, 6.07) is 13.8. The summed E-state index contributed by atoms with van der Waals surface area (Å²) in [5.74, 6) is -0.250. The third-order valence-electron chi connectivity index (χ3n) is 5.44. The van der Waals surface area contributed by atoms with Crippen LogP contribution >= 0.6 is 0 Å². The van der Waals surface area contributed by atoms with Crippen LogP contribution in [0.1, 0.15) is 10.5 Å². The van der Waals surface area contributed by atoms with Gasteiger partial charge < -0.3 is 19.1 Å². The van der Waals surface area contributed by atoms with Crippen molar-refractivity contribution in [1.82, 2.24) is 14.4 Å². The minimum absolute atomic E-state index is 0.0327. The summed E-state index contributed by atoms with van der Waals surface area (Å²) in [6.45, 7) is 1.77. The Morgan fingerprint density at radius 3 is 2.58 bits per heavy atom. The summed E-state index contributed by atoms with van der Waals surface area (Å²) in [5, 5.41) is 0. The van der Waals surface area contributed by atoms with Gasteiger partial charge in [-0.2, -0.15) is 0 Å². The lowest BCUT2D eigenvalue weighted by atomic mass is 10.1. The number of aromatic nitrogens is 1. The van der Waals surface area contributed by atoms with Crippen molar-refractivity contribution in [2.75, 3.05) is 33.4 Å². The van der Waals surface area contributed by atoms with Gasteiger partial charge in [0.25, 0.3) is 5.91 Å². The van der Waals surface area contributed by atoms with Gasteiger partial charge in [0, 0.05) is 32.9 Å². The van der Waals surface area contributed by atoms with Gasteiger partial charge in [0.15, 0.2) is 0 Å². The fourth-order valence-electron chi connectivity index (χ4n) is 3.85. The van der Waals surface area contributed by atoms with E-state index in [0.717, 1.165) is 11.3 Å². The summed E-state index contributed by atoms with van der Waals surface area (Å²) in [7, 11) is 3.72. The third-order valence-corrected chi connectivity index (χ3v) is 5.44. The largest absolute Gasteiger partial charge is 0.378 e. The Morgan fingerprint density at radius 1 is 1.04 bits per heavy atom. The SMILES string of the molecule is CN1C(=O)[C@H]2COC[C@@H]1CN(C(=O)c1ccc(-c3ccccc3)n1C)C2. The normalized spacial score (nSPS) is 23.1. The van der Waals surface area contributed by atoms with Crippen LogP contribution in [0.3, 0.4) is 0 Å². The van der Waals surface area contributed by atoms with Crippen LogP contribution in [-0.4, -0.2) is 65.6 Å². The quantitative estimate of drug-likeness (QED) is 0.824. The molecule has 0 radical (unpaired) electrons. The zero-order chi connectivity index (χ0) is 18.3. The van der Waals surface area contributed by atoms with E-state index in [4.69, 9.17) is 4.74 Å². The van der Waals surface area contributed by atoms with Crippen LogP contribution in [-0.2, 0) is 16.6 Å². The molecule has 2 bridgehead atoms. The number of fused-ring (bicyclic) bond motifs is 3. The molecule has 0 spiro atoms. The first-order valence-corrected chi connectivity index (χ1v) is 8.91. The molecule has 2 aliphatic heterocycles. The molecule has 2 aromatic rings. The van der Waals surface area contributed by atoms with Crippen LogP contribution in [0.4, 0.5) is 0 Å². The van der Waals surface area contributed by atoms with E-state index in [1.165, 1.54) is 0 Å². The number of amides is 2. The Bertz CT molecular complexity index is 830. The number of nitrogens with zero attached hydrogens (tertiary/aromatic N) is 3. The fourth-order valence-corrected chi connectivity index (χ4v) is 3.85. The Balaban J connectivity index is 1.62. The number of carbonyl (C=O) groups excluding carboxylic acids is 2. The molecule has 2 fully saturated rings. The summed E-state index contributed by atoms with van der Waals surface area (Å²) in [5.41, 5.74) is 2.71. The number of hydrogen-bond acceptors (Lipinski definition) is 3. The predicted octanol–water partition coefficient (Wildman–Crippen LogP) is 1.62. The standard InChI is InChI=1S/C20H23N3O3/c1-21-16-11-23(10-15(19(21)24)12-26-13-16)20(25)18-9-8-17(22(18)2)14-6-4-3-5-7-14/h3-9,15-16H,10-13H2,1-2H3/t15-,16+/m1/s1. The second-order valence-corrected chi connectivity index (χ2v) is 7.08. The van der Waals surface area contributed by atoms with Gasteiger partial charge in [0.2, 0.25) is 5.91 Å². The number of likely N-dealkylation sites (N-methyl/N-ethyl adjacent to an activating group) is 1. The Hall–Kier alpha value is -2.60. The first kappa shape index (κ1) is 16.8. The molecule has 6 nitrogen and oxygen atoms in total. The van der Waals surface area contributed by atoms with Crippen LogP contribution < -0.4 is 0 Å². The summed E-state index contributed by atoms with van der Waals surface area (Å²) in [4.78, 5) is 29.2. The van der Waals surface area contributed by atoms with Gasteiger partial charge in [-0.1, -0.05) is 30.3 Å². The van der Waals surface area contributed by atoms with Crippen molar-refractivity contribution < 1.29 is 14.3 Å². The highest BCUT2D eigenvalue weighted by atomic mass is 16.5. The van der Waals surface area contributed by atoms with Crippen LogP contribution in [0.2, 0.25) is 0 Å². The van der Waals surface area contributed by atoms with E-state index < -0.39 is 0 Å². The molecule has 2 saturated heterocycles. The lowest BCUT2D eigenvalue weighted by molar-refractivity contribution is -0.133. The summed E-state index contributed by atoms with van der Waals surface area (Å²) < 4.78 is 7.55. The maximum atomic E-state index is 13.2. The van der Waals surface area contributed by atoms with Crippen molar-refractivity contribution in [1.29, 1.82) is 0 Å². The van der Waals surface area contributed by atoms with Gasteiger partial charge in [-0.15, -0.1) is 0 Å². The number of ether oxygens (including phenoxy) is 1. The van der Waals surface area contributed by atoms with E-state index in [0.29, 0.717) is 32.0 Å². The number of hydrogen-bond donors (Lipinski definition) is 0. The maximum Gasteiger partial charge on any atom is 0.270 e. The molecule has 1 aromatic heterocycles. The predicted molar refractivity (Wildman–Crippen MR) is 97.6 cm³/mol. The van der Waals surface area contributed by atoms with E-state index in [9.17, 15) is 9.59 Å². The molecule has 136 valence electrons. The molecule has 1 aromatic carbocycles. The molecule has 2 aliphatic rings. The second-order valence-electron chi connectivity index (χ2n) is 7.08. The Labute approximate surface area is 153 Å². The summed E-state index contributed by atoms with van der Waals surface area (Å²) in [6.07, 6.45) is 0. The van der Waals surface area contributed by atoms with Crippen molar-refractivity contribution in [3.05, 3.63) is 48.2 Å². The van der Waals surface area contributed by atoms with Crippen LogP contribution in [0.25, 0.3) is 11.3 Å². The van der Waals surface area contributed by atoms with Gasteiger partial charge in [0.1, 0.15) is 5.69 Å². The lowest BCUT2D eigenvalue weighted by Gasteiger charge is -2.29. The topological polar surface area (TPSA) is 54.8 Å². The average Bonchev–Trinajstić information content (AvgIpc) is 2.91. The fraction of sp³-hybridized carbons (Fsp3) is 0.400. The Kier molecular flexibility index (Phi) is 4.28. The smallest absolute Gasteiger partial charge is 0.270 e. The van der Waals surface area contributed by atoms with Crippen molar-refractivity contribution >= 4 is 11.8 Å². The van der Waals surface area contributed by atoms with Crippen LogP contribution in [0.15, 0.2) is 42.5 Å². The zero-order valence-electron chi connectivity index (χ0n) is 15.1. The highest BCUT2D eigenvalue weighted by molar-refractivity contribution is 5.94. The monoisotopic (exact) mass is 353 g/mol. The minimum Gasteiger partial charge on any atom is -0.378 e. The molecule has 0 saturated carbocycles.